The Morgan fingerprint density at radius 3 is 3.06 bits per heavy atom. The fraction of sp³-hybridized carbons (Fsp3) is 0.200. The van der Waals surface area contributed by atoms with Crippen molar-refractivity contribution in [2.75, 3.05) is 11.9 Å². The molecule has 0 aliphatic rings. The van der Waals surface area contributed by atoms with Gasteiger partial charge in [0.15, 0.2) is 5.82 Å². The van der Waals surface area contributed by atoms with Crippen LogP contribution in [0.5, 0.6) is 0 Å². The molecule has 0 fully saturated rings. The van der Waals surface area contributed by atoms with Crippen molar-refractivity contribution in [1.29, 1.82) is 0 Å². The number of rotatable bonds is 4. The summed E-state index contributed by atoms with van der Waals surface area (Å²) in [6.07, 6.45) is 3.96. The maximum atomic E-state index is 11.3. The van der Waals surface area contributed by atoms with Crippen LogP contribution in [0.15, 0.2) is 33.1 Å². The average Bonchev–Trinajstić information content (AvgIpc) is 2.67. The number of hydrogen-bond donors (Lipinski definition) is 2. The topological polar surface area (TPSA) is 57.8 Å². The SMILES string of the molecule is O=c1[nH]ccnc1NCCc1ccc(Br)s1. The van der Waals surface area contributed by atoms with Gasteiger partial charge in [-0.25, -0.2) is 4.98 Å². The minimum atomic E-state index is -0.185. The number of thiophene rings is 1. The van der Waals surface area contributed by atoms with E-state index in [4.69, 9.17) is 0 Å². The lowest BCUT2D eigenvalue weighted by molar-refractivity contribution is 1.01. The van der Waals surface area contributed by atoms with E-state index in [1.165, 1.54) is 11.1 Å². The Kier molecular flexibility index (Phi) is 3.74. The third kappa shape index (κ3) is 2.93. The van der Waals surface area contributed by atoms with Gasteiger partial charge < -0.3 is 10.3 Å². The fourth-order valence-corrected chi connectivity index (χ4v) is 2.75. The van der Waals surface area contributed by atoms with E-state index in [1.807, 2.05) is 6.07 Å². The lowest BCUT2D eigenvalue weighted by Crippen LogP contribution is -2.16. The van der Waals surface area contributed by atoms with E-state index in [0.29, 0.717) is 12.4 Å². The number of nitrogens with one attached hydrogen (secondary N) is 2. The van der Waals surface area contributed by atoms with Gasteiger partial charge >= 0.3 is 0 Å². The number of aromatic amines is 1. The summed E-state index contributed by atoms with van der Waals surface area (Å²) >= 11 is 5.11. The van der Waals surface area contributed by atoms with Crippen molar-refractivity contribution < 1.29 is 0 Å². The van der Waals surface area contributed by atoms with E-state index < -0.39 is 0 Å². The van der Waals surface area contributed by atoms with Crippen LogP contribution in [0, 0.1) is 0 Å². The Labute approximate surface area is 105 Å². The van der Waals surface area contributed by atoms with E-state index in [2.05, 4.69) is 37.3 Å². The van der Waals surface area contributed by atoms with Crippen LogP contribution < -0.4 is 10.9 Å². The first-order valence-electron chi connectivity index (χ1n) is 4.77. The molecule has 0 atom stereocenters. The predicted octanol–water partition coefficient (Wildman–Crippen LogP) is 2.25. The Hall–Kier alpha value is -1.14. The molecule has 2 heterocycles. The zero-order valence-electron chi connectivity index (χ0n) is 8.37. The molecule has 0 unspecified atom stereocenters. The largest absolute Gasteiger partial charge is 0.365 e. The number of nitrogens with zero attached hydrogens (tertiary/aromatic N) is 1. The first-order chi connectivity index (χ1) is 7.75. The standard InChI is InChI=1S/C10H10BrN3OS/c11-8-2-1-7(16-8)3-4-12-9-10(15)14-6-5-13-9/h1-2,5-6H,3-4H2,(H,12,13)(H,14,15). The normalized spacial score (nSPS) is 10.3. The van der Waals surface area contributed by atoms with Crippen LogP contribution in [-0.4, -0.2) is 16.5 Å². The number of aromatic nitrogens is 2. The van der Waals surface area contributed by atoms with Crippen LogP contribution in [-0.2, 0) is 6.42 Å². The molecule has 16 heavy (non-hydrogen) atoms. The van der Waals surface area contributed by atoms with Crippen molar-refractivity contribution in [3.63, 3.8) is 0 Å². The quantitative estimate of drug-likeness (QED) is 0.910. The van der Waals surface area contributed by atoms with Gasteiger partial charge in [-0.2, -0.15) is 0 Å². The van der Waals surface area contributed by atoms with Gasteiger partial charge in [-0.15, -0.1) is 11.3 Å². The number of hydrogen-bond acceptors (Lipinski definition) is 4. The molecule has 0 amide bonds. The molecule has 0 radical (unpaired) electrons. The van der Waals surface area contributed by atoms with Crippen LogP contribution in [0.4, 0.5) is 5.82 Å². The summed E-state index contributed by atoms with van der Waals surface area (Å²) in [7, 11) is 0. The third-order valence-electron chi connectivity index (χ3n) is 2.00. The molecule has 0 saturated carbocycles. The smallest absolute Gasteiger partial charge is 0.290 e. The van der Waals surface area contributed by atoms with Gasteiger partial charge in [0.05, 0.1) is 3.79 Å². The average molecular weight is 300 g/mol. The highest BCUT2D eigenvalue weighted by atomic mass is 79.9. The highest BCUT2D eigenvalue weighted by Gasteiger charge is 2.00. The summed E-state index contributed by atoms with van der Waals surface area (Å²) < 4.78 is 1.12. The lowest BCUT2D eigenvalue weighted by Gasteiger charge is -2.02. The van der Waals surface area contributed by atoms with Crippen LogP contribution >= 0.6 is 27.3 Å². The Morgan fingerprint density at radius 2 is 2.38 bits per heavy atom. The molecule has 2 rings (SSSR count). The van der Waals surface area contributed by atoms with Gasteiger partial charge in [0.25, 0.3) is 5.56 Å². The molecule has 4 nitrogen and oxygen atoms in total. The van der Waals surface area contributed by atoms with E-state index >= 15 is 0 Å². The minimum absolute atomic E-state index is 0.185. The summed E-state index contributed by atoms with van der Waals surface area (Å²) in [5.41, 5.74) is -0.185. The molecule has 0 aliphatic heterocycles. The van der Waals surface area contributed by atoms with Gasteiger partial charge in [-0.05, 0) is 34.5 Å². The third-order valence-corrected chi connectivity index (χ3v) is 3.68. The molecule has 0 bridgehead atoms. The van der Waals surface area contributed by atoms with Crippen LogP contribution in [0.2, 0.25) is 0 Å². The summed E-state index contributed by atoms with van der Waals surface area (Å²) in [5.74, 6) is 0.373. The Balaban J connectivity index is 1.89. The maximum absolute atomic E-state index is 11.3. The zero-order chi connectivity index (χ0) is 11.4. The van der Waals surface area contributed by atoms with Crippen LogP contribution in [0.3, 0.4) is 0 Å². The van der Waals surface area contributed by atoms with Crippen molar-refractivity contribution in [2.45, 2.75) is 6.42 Å². The summed E-state index contributed by atoms with van der Waals surface area (Å²) in [5, 5.41) is 3.01. The molecule has 0 aromatic carbocycles. The molecule has 2 N–H and O–H groups in total. The molecule has 2 aromatic heterocycles. The minimum Gasteiger partial charge on any atom is -0.365 e. The predicted molar refractivity (Wildman–Crippen MR) is 69.1 cm³/mol. The summed E-state index contributed by atoms with van der Waals surface area (Å²) in [6.45, 7) is 0.701. The molecule has 0 aliphatic carbocycles. The molecular weight excluding hydrogens is 290 g/mol. The lowest BCUT2D eigenvalue weighted by atomic mass is 10.3. The Morgan fingerprint density at radius 1 is 1.50 bits per heavy atom. The van der Waals surface area contributed by atoms with Crippen LogP contribution in [0.1, 0.15) is 4.88 Å². The molecule has 84 valence electrons. The first kappa shape index (κ1) is 11.3. The number of halogens is 1. The van der Waals surface area contributed by atoms with E-state index in [-0.39, 0.29) is 5.56 Å². The molecular formula is C10H10BrN3OS. The summed E-state index contributed by atoms with van der Waals surface area (Å²) in [4.78, 5) is 19.1. The molecule has 6 heteroatoms. The monoisotopic (exact) mass is 299 g/mol. The van der Waals surface area contributed by atoms with Crippen molar-refractivity contribution >= 4 is 33.1 Å². The number of H-pyrrole nitrogens is 1. The maximum Gasteiger partial charge on any atom is 0.290 e. The Bertz CT molecular complexity index is 523. The van der Waals surface area contributed by atoms with E-state index in [1.54, 1.807) is 17.5 Å². The second kappa shape index (κ2) is 5.27. The van der Waals surface area contributed by atoms with Gasteiger partial charge in [-0.1, -0.05) is 0 Å². The first-order valence-corrected chi connectivity index (χ1v) is 6.38. The zero-order valence-corrected chi connectivity index (χ0v) is 10.8. The van der Waals surface area contributed by atoms with Gasteiger partial charge in [0, 0.05) is 23.8 Å². The van der Waals surface area contributed by atoms with E-state index in [9.17, 15) is 4.79 Å². The van der Waals surface area contributed by atoms with Crippen molar-refractivity contribution in [2.24, 2.45) is 0 Å². The highest BCUT2D eigenvalue weighted by Crippen LogP contribution is 2.22. The summed E-state index contributed by atoms with van der Waals surface area (Å²) in [6, 6.07) is 4.09. The second-order valence-corrected chi connectivity index (χ2v) is 5.70. The number of anilines is 1. The molecule has 2 aromatic rings. The second-order valence-electron chi connectivity index (χ2n) is 3.15. The van der Waals surface area contributed by atoms with E-state index in [0.717, 1.165) is 10.2 Å². The molecule has 0 saturated heterocycles. The highest BCUT2D eigenvalue weighted by molar-refractivity contribution is 9.11. The fourth-order valence-electron chi connectivity index (χ4n) is 1.27. The molecule has 0 spiro atoms. The van der Waals surface area contributed by atoms with Crippen molar-refractivity contribution in [1.82, 2.24) is 9.97 Å². The van der Waals surface area contributed by atoms with Crippen molar-refractivity contribution in [3.8, 4) is 0 Å². The van der Waals surface area contributed by atoms with Gasteiger partial charge in [0.2, 0.25) is 0 Å². The van der Waals surface area contributed by atoms with Crippen LogP contribution in [0.25, 0.3) is 0 Å². The van der Waals surface area contributed by atoms with Crippen molar-refractivity contribution in [3.05, 3.63) is 43.5 Å². The van der Waals surface area contributed by atoms with Gasteiger partial charge in [0.1, 0.15) is 0 Å². The van der Waals surface area contributed by atoms with Gasteiger partial charge in [-0.3, -0.25) is 4.79 Å².